The predicted octanol–water partition coefficient (Wildman–Crippen LogP) is 2.55. The molecule has 0 fully saturated rings. The van der Waals surface area contributed by atoms with Crippen molar-refractivity contribution in [2.24, 2.45) is 0 Å². The molecule has 0 aliphatic heterocycles. The van der Waals surface area contributed by atoms with Crippen LogP contribution in [0, 0.1) is 0 Å². The summed E-state index contributed by atoms with van der Waals surface area (Å²) < 4.78 is 2.29. The molecule has 0 saturated carbocycles. The molecule has 0 bridgehead atoms. The van der Waals surface area contributed by atoms with E-state index in [1.807, 2.05) is 6.20 Å². The molecule has 1 aromatic heterocycles. The van der Waals surface area contributed by atoms with E-state index in [0.29, 0.717) is 6.04 Å². The smallest absolute Gasteiger partial charge is 0.110 e. The van der Waals surface area contributed by atoms with Crippen molar-refractivity contribution < 1.29 is 0 Å². The molecule has 4 nitrogen and oxygen atoms in total. The van der Waals surface area contributed by atoms with Gasteiger partial charge in [0.15, 0.2) is 0 Å². The first-order valence-corrected chi connectivity index (χ1v) is 8.20. The molecule has 20 heavy (non-hydrogen) atoms. The molecule has 0 saturated heterocycles. The number of rotatable bonds is 11. The average Bonchev–Trinajstić information content (AvgIpc) is 2.88. The van der Waals surface area contributed by atoms with Gasteiger partial charge in [0, 0.05) is 31.4 Å². The highest BCUT2D eigenvalue weighted by Crippen LogP contribution is 2.07. The molecular weight excluding hydrogens is 248 g/mol. The van der Waals surface area contributed by atoms with Gasteiger partial charge in [-0.25, -0.2) is 4.98 Å². The lowest BCUT2D eigenvalue weighted by Crippen LogP contribution is -2.36. The Balaban J connectivity index is 2.54. The van der Waals surface area contributed by atoms with Gasteiger partial charge < -0.3 is 14.8 Å². The zero-order valence-electron chi connectivity index (χ0n) is 13.7. The summed E-state index contributed by atoms with van der Waals surface area (Å²) in [6, 6.07) is 0.526. The van der Waals surface area contributed by atoms with Crippen LogP contribution in [-0.2, 0) is 13.0 Å². The molecule has 1 rings (SSSR count). The van der Waals surface area contributed by atoms with Gasteiger partial charge >= 0.3 is 0 Å². The van der Waals surface area contributed by atoms with E-state index >= 15 is 0 Å². The van der Waals surface area contributed by atoms with Gasteiger partial charge in [-0.15, -0.1) is 0 Å². The zero-order chi connectivity index (χ0) is 14.8. The summed E-state index contributed by atoms with van der Waals surface area (Å²) in [5.74, 6) is 1.22. The third-order valence-corrected chi connectivity index (χ3v) is 3.88. The SMILES string of the molecule is CCCn1ccnc1CC(CCN(CC)CC)NCC. The van der Waals surface area contributed by atoms with E-state index in [-0.39, 0.29) is 0 Å². The maximum absolute atomic E-state index is 4.53. The first-order valence-electron chi connectivity index (χ1n) is 8.20. The van der Waals surface area contributed by atoms with Gasteiger partial charge in [0.25, 0.3) is 0 Å². The highest BCUT2D eigenvalue weighted by Gasteiger charge is 2.13. The minimum absolute atomic E-state index is 0.526. The van der Waals surface area contributed by atoms with Crippen LogP contribution in [0.25, 0.3) is 0 Å². The number of hydrogen-bond donors (Lipinski definition) is 1. The van der Waals surface area contributed by atoms with Crippen molar-refractivity contribution in [3.05, 3.63) is 18.2 Å². The monoisotopic (exact) mass is 280 g/mol. The number of aryl methyl sites for hydroxylation is 1. The minimum Gasteiger partial charge on any atom is -0.335 e. The molecule has 1 unspecified atom stereocenters. The van der Waals surface area contributed by atoms with Crippen molar-refractivity contribution in [1.29, 1.82) is 0 Å². The van der Waals surface area contributed by atoms with E-state index < -0.39 is 0 Å². The molecular formula is C16H32N4. The van der Waals surface area contributed by atoms with E-state index in [2.05, 4.69) is 53.7 Å². The lowest BCUT2D eigenvalue weighted by Gasteiger charge is -2.23. The summed E-state index contributed by atoms with van der Waals surface area (Å²) in [5.41, 5.74) is 0. The fourth-order valence-electron chi connectivity index (χ4n) is 2.64. The predicted molar refractivity (Wildman–Crippen MR) is 86.1 cm³/mol. The van der Waals surface area contributed by atoms with Crippen LogP contribution >= 0.6 is 0 Å². The first-order chi connectivity index (χ1) is 9.74. The van der Waals surface area contributed by atoms with E-state index in [0.717, 1.165) is 39.0 Å². The van der Waals surface area contributed by atoms with Crippen LogP contribution in [-0.4, -0.2) is 46.7 Å². The summed E-state index contributed by atoms with van der Waals surface area (Å²) in [6.07, 6.45) is 7.41. The van der Waals surface area contributed by atoms with E-state index in [1.165, 1.54) is 18.8 Å². The Kier molecular flexibility index (Phi) is 8.54. The standard InChI is InChI=1S/C16H32N4/c1-5-11-20-13-10-18-16(20)14-15(17-6-2)9-12-19(7-3)8-4/h10,13,15,17H,5-9,11-12,14H2,1-4H3. The second-order valence-electron chi connectivity index (χ2n) is 5.31. The van der Waals surface area contributed by atoms with Crippen molar-refractivity contribution >= 4 is 0 Å². The molecule has 0 radical (unpaired) electrons. The largest absolute Gasteiger partial charge is 0.335 e. The van der Waals surface area contributed by atoms with Crippen molar-refractivity contribution in [2.45, 2.75) is 59.5 Å². The lowest BCUT2D eigenvalue weighted by molar-refractivity contribution is 0.280. The highest BCUT2D eigenvalue weighted by atomic mass is 15.1. The lowest BCUT2D eigenvalue weighted by atomic mass is 10.1. The molecule has 0 aromatic carbocycles. The molecule has 1 heterocycles. The average molecular weight is 280 g/mol. The molecule has 0 aliphatic rings. The molecule has 0 amide bonds. The molecule has 1 atom stereocenters. The Morgan fingerprint density at radius 1 is 1.25 bits per heavy atom. The van der Waals surface area contributed by atoms with Gasteiger partial charge in [0.05, 0.1) is 0 Å². The zero-order valence-corrected chi connectivity index (χ0v) is 13.7. The van der Waals surface area contributed by atoms with Gasteiger partial charge in [-0.1, -0.05) is 27.7 Å². The van der Waals surface area contributed by atoms with Crippen LogP contribution in [0.15, 0.2) is 12.4 Å². The Bertz CT molecular complexity index is 344. The van der Waals surface area contributed by atoms with Crippen LogP contribution in [0.2, 0.25) is 0 Å². The molecule has 4 heteroatoms. The summed E-state index contributed by atoms with van der Waals surface area (Å²) in [5, 5.41) is 3.61. The Hall–Kier alpha value is -0.870. The van der Waals surface area contributed by atoms with E-state index in [1.54, 1.807) is 0 Å². The normalized spacial score (nSPS) is 13.1. The Labute approximate surface area is 124 Å². The summed E-state index contributed by atoms with van der Waals surface area (Å²) in [4.78, 5) is 7.02. The summed E-state index contributed by atoms with van der Waals surface area (Å²) in [7, 11) is 0. The molecule has 116 valence electrons. The first kappa shape index (κ1) is 17.2. The third kappa shape index (κ3) is 5.63. The number of hydrogen-bond acceptors (Lipinski definition) is 3. The number of likely N-dealkylation sites (N-methyl/N-ethyl adjacent to an activating group) is 1. The van der Waals surface area contributed by atoms with Crippen molar-refractivity contribution in [3.8, 4) is 0 Å². The number of imidazole rings is 1. The number of nitrogens with one attached hydrogen (secondary N) is 1. The van der Waals surface area contributed by atoms with Gasteiger partial charge in [0.2, 0.25) is 0 Å². The minimum atomic E-state index is 0.526. The van der Waals surface area contributed by atoms with Crippen molar-refractivity contribution in [1.82, 2.24) is 19.8 Å². The fraction of sp³-hybridized carbons (Fsp3) is 0.812. The second kappa shape index (κ2) is 9.94. The van der Waals surface area contributed by atoms with Crippen LogP contribution in [0.3, 0.4) is 0 Å². The third-order valence-electron chi connectivity index (χ3n) is 3.88. The molecule has 1 aromatic rings. The van der Waals surface area contributed by atoms with E-state index in [9.17, 15) is 0 Å². The van der Waals surface area contributed by atoms with E-state index in [4.69, 9.17) is 0 Å². The van der Waals surface area contributed by atoms with Crippen LogP contribution in [0.5, 0.6) is 0 Å². The molecule has 1 N–H and O–H groups in total. The van der Waals surface area contributed by atoms with Gasteiger partial charge in [-0.2, -0.15) is 0 Å². The van der Waals surface area contributed by atoms with Gasteiger partial charge in [-0.3, -0.25) is 0 Å². The maximum atomic E-state index is 4.53. The summed E-state index contributed by atoms with van der Waals surface area (Å²) >= 11 is 0. The van der Waals surface area contributed by atoms with Crippen LogP contribution in [0.4, 0.5) is 0 Å². The summed E-state index contributed by atoms with van der Waals surface area (Å²) in [6.45, 7) is 14.4. The quantitative estimate of drug-likeness (QED) is 0.676. The molecule has 0 spiro atoms. The maximum Gasteiger partial charge on any atom is 0.110 e. The topological polar surface area (TPSA) is 33.1 Å². The van der Waals surface area contributed by atoms with Gasteiger partial charge in [0.1, 0.15) is 5.82 Å². The van der Waals surface area contributed by atoms with Crippen molar-refractivity contribution in [2.75, 3.05) is 26.2 Å². The number of aromatic nitrogens is 2. The Morgan fingerprint density at radius 2 is 2.00 bits per heavy atom. The highest BCUT2D eigenvalue weighted by molar-refractivity contribution is 4.95. The van der Waals surface area contributed by atoms with Crippen LogP contribution in [0.1, 0.15) is 46.4 Å². The van der Waals surface area contributed by atoms with Crippen LogP contribution < -0.4 is 5.32 Å². The number of nitrogens with zero attached hydrogens (tertiary/aromatic N) is 3. The fourth-order valence-corrected chi connectivity index (χ4v) is 2.64. The van der Waals surface area contributed by atoms with Gasteiger partial charge in [-0.05, 0) is 39.0 Å². The second-order valence-corrected chi connectivity index (χ2v) is 5.31. The Morgan fingerprint density at radius 3 is 2.60 bits per heavy atom. The molecule has 0 aliphatic carbocycles. The van der Waals surface area contributed by atoms with Crippen molar-refractivity contribution in [3.63, 3.8) is 0 Å².